The molecule has 1 heterocycles. The van der Waals surface area contributed by atoms with Crippen molar-refractivity contribution in [1.29, 1.82) is 0 Å². The predicted molar refractivity (Wildman–Crippen MR) is 108 cm³/mol. The molecule has 0 aliphatic carbocycles. The number of benzene rings is 2. The Morgan fingerprint density at radius 2 is 1.89 bits per heavy atom. The van der Waals surface area contributed by atoms with Crippen LogP contribution < -0.4 is 14.4 Å². The van der Waals surface area contributed by atoms with Crippen LogP contribution in [0.15, 0.2) is 59.5 Å². The van der Waals surface area contributed by atoms with Gasteiger partial charge in [0.25, 0.3) is 5.91 Å². The standard InChI is InChI=1S/C19H22N2O4S2/c1-2-27(23,24)21-14-18(25-17-11-7-6-10-16(17)21)19(22)20-12-13-26-15-8-4-3-5-9-15/h3-11,18H,2,12-14H2,1H3,(H,20,22)/t18-/m1/s1. The van der Waals surface area contributed by atoms with E-state index in [4.69, 9.17) is 4.74 Å². The van der Waals surface area contributed by atoms with Gasteiger partial charge >= 0.3 is 0 Å². The van der Waals surface area contributed by atoms with Crippen LogP contribution in [0, 0.1) is 0 Å². The molecule has 0 aromatic heterocycles. The van der Waals surface area contributed by atoms with Gasteiger partial charge in [0.05, 0.1) is 18.0 Å². The second kappa shape index (κ2) is 8.67. The lowest BCUT2D eigenvalue weighted by atomic mass is 10.2. The Bertz CT molecular complexity index is 888. The lowest BCUT2D eigenvalue weighted by molar-refractivity contribution is -0.127. The molecular formula is C19H22N2O4S2. The number of nitrogens with zero attached hydrogens (tertiary/aromatic N) is 1. The summed E-state index contributed by atoms with van der Waals surface area (Å²) in [7, 11) is -3.49. The molecule has 8 heteroatoms. The van der Waals surface area contributed by atoms with Gasteiger partial charge in [-0.05, 0) is 31.2 Å². The van der Waals surface area contributed by atoms with Crippen LogP contribution in [0.3, 0.4) is 0 Å². The molecule has 2 aromatic rings. The van der Waals surface area contributed by atoms with Crippen molar-refractivity contribution in [2.24, 2.45) is 0 Å². The van der Waals surface area contributed by atoms with Crippen LogP contribution in [0.4, 0.5) is 5.69 Å². The van der Waals surface area contributed by atoms with E-state index in [1.54, 1.807) is 43.0 Å². The van der Waals surface area contributed by atoms with Crippen LogP contribution in [-0.2, 0) is 14.8 Å². The fourth-order valence-electron chi connectivity index (χ4n) is 2.73. The van der Waals surface area contributed by atoms with E-state index < -0.39 is 16.1 Å². The van der Waals surface area contributed by atoms with E-state index in [1.165, 1.54) is 4.31 Å². The van der Waals surface area contributed by atoms with E-state index in [-0.39, 0.29) is 18.2 Å². The van der Waals surface area contributed by atoms with Crippen molar-refractivity contribution >= 4 is 33.4 Å². The molecule has 0 unspecified atom stereocenters. The Labute approximate surface area is 164 Å². The third-order valence-corrected chi connectivity index (χ3v) is 6.90. The second-order valence-electron chi connectivity index (χ2n) is 5.96. The number of anilines is 1. The number of amides is 1. The van der Waals surface area contributed by atoms with Gasteiger partial charge in [-0.15, -0.1) is 11.8 Å². The summed E-state index contributed by atoms with van der Waals surface area (Å²) >= 11 is 1.64. The summed E-state index contributed by atoms with van der Waals surface area (Å²) in [5.74, 6) is 0.772. The summed E-state index contributed by atoms with van der Waals surface area (Å²) in [5, 5.41) is 2.84. The van der Waals surface area contributed by atoms with Gasteiger partial charge in [0.15, 0.2) is 6.10 Å². The zero-order valence-electron chi connectivity index (χ0n) is 15.0. The molecule has 1 aliphatic rings. The Balaban J connectivity index is 1.62. The molecule has 1 atom stereocenters. The van der Waals surface area contributed by atoms with Gasteiger partial charge < -0.3 is 10.1 Å². The van der Waals surface area contributed by atoms with Gasteiger partial charge in [0.1, 0.15) is 5.75 Å². The number of ether oxygens (including phenoxy) is 1. The minimum atomic E-state index is -3.49. The first-order valence-electron chi connectivity index (χ1n) is 8.73. The highest BCUT2D eigenvalue weighted by molar-refractivity contribution is 7.99. The number of hydrogen-bond donors (Lipinski definition) is 1. The van der Waals surface area contributed by atoms with Crippen LogP contribution in [-0.4, -0.2) is 45.0 Å². The van der Waals surface area contributed by atoms with Gasteiger partial charge in [-0.2, -0.15) is 0 Å². The smallest absolute Gasteiger partial charge is 0.263 e. The number of thioether (sulfide) groups is 1. The minimum Gasteiger partial charge on any atom is -0.476 e. The van der Waals surface area contributed by atoms with E-state index >= 15 is 0 Å². The van der Waals surface area contributed by atoms with Crippen LogP contribution in [0.2, 0.25) is 0 Å². The number of carbonyl (C=O) groups is 1. The van der Waals surface area contributed by atoms with Crippen molar-refractivity contribution in [2.45, 2.75) is 17.9 Å². The number of carbonyl (C=O) groups excluding carboxylic acids is 1. The Morgan fingerprint density at radius 3 is 2.63 bits per heavy atom. The van der Waals surface area contributed by atoms with Crippen molar-refractivity contribution < 1.29 is 17.9 Å². The lowest BCUT2D eigenvalue weighted by Crippen LogP contribution is -2.51. The highest BCUT2D eigenvalue weighted by Gasteiger charge is 2.35. The maximum atomic E-state index is 12.5. The number of fused-ring (bicyclic) bond motifs is 1. The first kappa shape index (κ1) is 19.6. The molecule has 0 saturated heterocycles. The second-order valence-corrected chi connectivity index (χ2v) is 9.31. The van der Waals surface area contributed by atoms with Gasteiger partial charge in [-0.3, -0.25) is 9.10 Å². The molecule has 1 N–H and O–H groups in total. The Kier molecular flexibility index (Phi) is 6.28. The number of sulfonamides is 1. The zero-order valence-corrected chi connectivity index (χ0v) is 16.6. The topological polar surface area (TPSA) is 75.7 Å². The molecule has 1 aliphatic heterocycles. The molecule has 6 nitrogen and oxygen atoms in total. The third-order valence-electron chi connectivity index (χ3n) is 4.14. The summed E-state index contributed by atoms with van der Waals surface area (Å²) in [6, 6.07) is 16.8. The van der Waals surface area contributed by atoms with Gasteiger partial charge in [0.2, 0.25) is 10.0 Å². The first-order valence-corrected chi connectivity index (χ1v) is 11.3. The lowest BCUT2D eigenvalue weighted by Gasteiger charge is -2.34. The van der Waals surface area contributed by atoms with E-state index in [9.17, 15) is 13.2 Å². The first-order chi connectivity index (χ1) is 13.0. The largest absolute Gasteiger partial charge is 0.476 e. The maximum Gasteiger partial charge on any atom is 0.263 e. The molecular weight excluding hydrogens is 384 g/mol. The number of rotatable bonds is 7. The summed E-state index contributed by atoms with van der Waals surface area (Å²) in [5.41, 5.74) is 0.475. The van der Waals surface area contributed by atoms with Crippen LogP contribution in [0.1, 0.15) is 6.92 Å². The Morgan fingerprint density at radius 1 is 1.19 bits per heavy atom. The van der Waals surface area contributed by atoms with Crippen molar-refractivity contribution in [3.05, 3.63) is 54.6 Å². The number of nitrogens with one attached hydrogen (secondary N) is 1. The fraction of sp³-hybridized carbons (Fsp3) is 0.316. The van der Waals surface area contributed by atoms with E-state index in [2.05, 4.69) is 5.32 Å². The molecule has 0 bridgehead atoms. The quantitative estimate of drug-likeness (QED) is 0.565. The fourth-order valence-corrected chi connectivity index (χ4v) is 4.65. The monoisotopic (exact) mass is 406 g/mol. The van der Waals surface area contributed by atoms with Crippen LogP contribution in [0.25, 0.3) is 0 Å². The van der Waals surface area contributed by atoms with Gasteiger partial charge in [-0.25, -0.2) is 8.42 Å². The Hall–Kier alpha value is -2.19. The van der Waals surface area contributed by atoms with E-state index in [0.29, 0.717) is 18.0 Å². The highest BCUT2D eigenvalue weighted by Crippen LogP contribution is 2.35. The number of hydrogen-bond acceptors (Lipinski definition) is 5. The molecule has 144 valence electrons. The third kappa shape index (κ3) is 4.75. The molecule has 0 spiro atoms. The molecule has 0 radical (unpaired) electrons. The van der Waals surface area contributed by atoms with E-state index in [0.717, 1.165) is 10.6 Å². The van der Waals surface area contributed by atoms with E-state index in [1.807, 2.05) is 30.3 Å². The SMILES string of the molecule is CCS(=O)(=O)N1C[C@H](C(=O)NCCSc2ccccc2)Oc2ccccc21. The van der Waals surface area contributed by atoms with Crippen LogP contribution in [0.5, 0.6) is 5.75 Å². The summed E-state index contributed by atoms with van der Waals surface area (Å²) in [4.78, 5) is 13.6. The number of para-hydroxylation sites is 2. The summed E-state index contributed by atoms with van der Waals surface area (Å²) in [6.45, 7) is 2.04. The zero-order chi connectivity index (χ0) is 19.3. The van der Waals surface area contributed by atoms with Crippen molar-refractivity contribution in [2.75, 3.05) is 28.9 Å². The summed E-state index contributed by atoms with van der Waals surface area (Å²) in [6.07, 6.45) is -0.872. The highest BCUT2D eigenvalue weighted by atomic mass is 32.2. The molecule has 1 amide bonds. The molecule has 0 fully saturated rings. The normalized spacial score (nSPS) is 16.3. The predicted octanol–water partition coefficient (Wildman–Crippen LogP) is 2.51. The maximum absolute atomic E-state index is 12.5. The van der Waals surface area contributed by atoms with Gasteiger partial charge in [0, 0.05) is 17.2 Å². The van der Waals surface area contributed by atoms with Crippen molar-refractivity contribution in [1.82, 2.24) is 5.32 Å². The van der Waals surface area contributed by atoms with Gasteiger partial charge in [-0.1, -0.05) is 30.3 Å². The average molecular weight is 407 g/mol. The van der Waals surface area contributed by atoms with Crippen LogP contribution >= 0.6 is 11.8 Å². The van der Waals surface area contributed by atoms with Crippen molar-refractivity contribution in [3.8, 4) is 5.75 Å². The average Bonchev–Trinajstić information content (AvgIpc) is 2.71. The van der Waals surface area contributed by atoms with Crippen molar-refractivity contribution in [3.63, 3.8) is 0 Å². The minimum absolute atomic E-state index is 0.0230. The molecule has 2 aromatic carbocycles. The summed E-state index contributed by atoms with van der Waals surface area (Å²) < 4.78 is 31.9. The molecule has 0 saturated carbocycles. The molecule has 27 heavy (non-hydrogen) atoms. The molecule has 3 rings (SSSR count).